The first-order valence-corrected chi connectivity index (χ1v) is 7.45. The minimum atomic E-state index is -0.840. The number of rotatable bonds is 4. The molecule has 6 nitrogen and oxygen atoms in total. The molecule has 2 aromatic carbocycles. The normalized spacial score (nSPS) is 13.0. The van der Waals surface area contributed by atoms with Crippen molar-refractivity contribution < 1.29 is 10.2 Å². The van der Waals surface area contributed by atoms with Gasteiger partial charge in [0.25, 0.3) is 0 Å². The van der Waals surface area contributed by atoms with Gasteiger partial charge in [0.2, 0.25) is 0 Å². The van der Waals surface area contributed by atoms with Gasteiger partial charge < -0.3 is 15.2 Å². The Balaban J connectivity index is 1.78. The first kappa shape index (κ1) is 13.9. The van der Waals surface area contributed by atoms with Crippen molar-refractivity contribution in [1.29, 1.82) is 0 Å². The molecule has 2 heterocycles. The SMILES string of the molecule is OCC(O)Cn1nnc2cc(-c3c[nH]c4ccccc34)ccc21. The minimum Gasteiger partial charge on any atom is -0.394 e. The minimum absolute atomic E-state index is 0.222. The second-order valence-electron chi connectivity index (χ2n) is 5.56. The molecule has 2 aromatic heterocycles. The van der Waals surface area contributed by atoms with Crippen LogP contribution in [0.1, 0.15) is 0 Å². The first-order chi connectivity index (χ1) is 11.3. The third-order valence-corrected chi connectivity index (χ3v) is 4.01. The van der Waals surface area contributed by atoms with Crippen molar-refractivity contribution in [2.75, 3.05) is 6.61 Å². The molecule has 116 valence electrons. The lowest BCUT2D eigenvalue weighted by molar-refractivity contribution is 0.0788. The third-order valence-electron chi connectivity index (χ3n) is 4.01. The van der Waals surface area contributed by atoms with E-state index in [0.29, 0.717) is 0 Å². The number of nitrogens with one attached hydrogen (secondary N) is 1. The maximum Gasteiger partial charge on any atom is 0.113 e. The van der Waals surface area contributed by atoms with Crippen molar-refractivity contribution in [1.82, 2.24) is 20.0 Å². The predicted octanol–water partition coefficient (Wildman–Crippen LogP) is 1.93. The Morgan fingerprint density at radius 1 is 1.17 bits per heavy atom. The van der Waals surface area contributed by atoms with Crippen LogP contribution in [-0.4, -0.2) is 42.9 Å². The van der Waals surface area contributed by atoms with Gasteiger partial charge in [0, 0.05) is 22.7 Å². The summed E-state index contributed by atoms with van der Waals surface area (Å²) < 4.78 is 1.61. The number of aromatic nitrogens is 4. The molecule has 0 bridgehead atoms. The van der Waals surface area contributed by atoms with Crippen LogP contribution in [0.15, 0.2) is 48.7 Å². The highest BCUT2D eigenvalue weighted by atomic mass is 16.3. The molecule has 0 radical (unpaired) electrons. The Hall–Kier alpha value is -2.70. The summed E-state index contributed by atoms with van der Waals surface area (Å²) in [6, 6.07) is 14.1. The fraction of sp³-hybridized carbons (Fsp3) is 0.176. The molecule has 4 aromatic rings. The Labute approximate surface area is 132 Å². The molecule has 6 heteroatoms. The fourth-order valence-electron chi connectivity index (χ4n) is 2.84. The van der Waals surface area contributed by atoms with Crippen LogP contribution < -0.4 is 0 Å². The number of hydrogen-bond acceptors (Lipinski definition) is 4. The smallest absolute Gasteiger partial charge is 0.113 e. The highest BCUT2D eigenvalue weighted by Crippen LogP contribution is 2.30. The lowest BCUT2D eigenvalue weighted by atomic mass is 10.0. The Bertz CT molecular complexity index is 973. The molecule has 0 aliphatic carbocycles. The summed E-state index contributed by atoms with van der Waals surface area (Å²) in [5.74, 6) is 0. The number of hydrogen-bond donors (Lipinski definition) is 3. The Morgan fingerprint density at radius 2 is 2.04 bits per heavy atom. The monoisotopic (exact) mass is 308 g/mol. The number of aromatic amines is 1. The van der Waals surface area contributed by atoms with Gasteiger partial charge in [-0.05, 0) is 23.8 Å². The summed E-state index contributed by atoms with van der Waals surface area (Å²) in [6.07, 6.45) is 1.15. The molecule has 0 aliphatic heterocycles. The van der Waals surface area contributed by atoms with E-state index in [2.05, 4.69) is 21.4 Å². The number of H-pyrrole nitrogens is 1. The van der Waals surface area contributed by atoms with Crippen LogP contribution in [0.2, 0.25) is 0 Å². The highest BCUT2D eigenvalue weighted by molar-refractivity contribution is 5.97. The van der Waals surface area contributed by atoms with Crippen molar-refractivity contribution in [2.24, 2.45) is 0 Å². The number of aliphatic hydroxyl groups is 2. The highest BCUT2D eigenvalue weighted by Gasteiger charge is 2.11. The zero-order valence-electron chi connectivity index (χ0n) is 12.3. The Morgan fingerprint density at radius 3 is 2.91 bits per heavy atom. The number of aliphatic hydroxyl groups excluding tert-OH is 2. The molecule has 0 fully saturated rings. The molecular weight excluding hydrogens is 292 g/mol. The van der Waals surface area contributed by atoms with Gasteiger partial charge in [0.15, 0.2) is 0 Å². The molecule has 1 atom stereocenters. The second kappa shape index (κ2) is 5.49. The van der Waals surface area contributed by atoms with Crippen LogP contribution in [0.3, 0.4) is 0 Å². The molecule has 1 unspecified atom stereocenters. The van der Waals surface area contributed by atoms with Crippen LogP contribution in [-0.2, 0) is 6.54 Å². The van der Waals surface area contributed by atoms with Gasteiger partial charge in [-0.15, -0.1) is 5.10 Å². The number of fused-ring (bicyclic) bond motifs is 2. The van der Waals surface area contributed by atoms with Gasteiger partial charge in [0.1, 0.15) is 5.52 Å². The summed E-state index contributed by atoms with van der Waals surface area (Å²) >= 11 is 0. The number of nitrogens with zero attached hydrogens (tertiary/aromatic N) is 3. The maximum atomic E-state index is 9.57. The Kier molecular flexibility index (Phi) is 3.33. The zero-order chi connectivity index (χ0) is 15.8. The van der Waals surface area contributed by atoms with Gasteiger partial charge in [-0.1, -0.05) is 29.5 Å². The maximum absolute atomic E-state index is 9.57. The molecule has 0 amide bonds. The summed E-state index contributed by atoms with van der Waals surface area (Å²) in [5, 5.41) is 27.9. The van der Waals surface area contributed by atoms with Gasteiger partial charge >= 0.3 is 0 Å². The number of para-hydroxylation sites is 1. The lowest BCUT2D eigenvalue weighted by Crippen LogP contribution is -2.20. The van der Waals surface area contributed by atoms with Crippen LogP contribution in [0, 0.1) is 0 Å². The average Bonchev–Trinajstić information content (AvgIpc) is 3.18. The van der Waals surface area contributed by atoms with Crippen molar-refractivity contribution in [3.8, 4) is 11.1 Å². The number of benzene rings is 2. The van der Waals surface area contributed by atoms with Gasteiger partial charge in [-0.25, -0.2) is 4.68 Å². The summed E-state index contributed by atoms with van der Waals surface area (Å²) in [6.45, 7) is -0.0752. The van der Waals surface area contributed by atoms with Gasteiger partial charge in [-0.3, -0.25) is 0 Å². The lowest BCUT2D eigenvalue weighted by Gasteiger charge is -2.07. The van der Waals surface area contributed by atoms with E-state index in [4.69, 9.17) is 5.11 Å². The van der Waals surface area contributed by atoms with Crippen molar-refractivity contribution in [3.63, 3.8) is 0 Å². The van der Waals surface area contributed by atoms with E-state index in [1.807, 2.05) is 42.6 Å². The molecule has 3 N–H and O–H groups in total. The standard InChI is InChI=1S/C17H16N4O2/c22-10-12(23)9-21-17-6-5-11(7-16(17)19-20-21)14-8-18-15-4-2-1-3-13(14)15/h1-8,12,18,22-23H,9-10H2. The van der Waals surface area contributed by atoms with E-state index in [1.54, 1.807) is 4.68 Å². The summed E-state index contributed by atoms with van der Waals surface area (Å²) in [4.78, 5) is 3.27. The van der Waals surface area contributed by atoms with E-state index < -0.39 is 6.10 Å². The molecular formula is C17H16N4O2. The third kappa shape index (κ3) is 2.38. The topological polar surface area (TPSA) is 87.0 Å². The first-order valence-electron chi connectivity index (χ1n) is 7.45. The van der Waals surface area contributed by atoms with Crippen LogP contribution in [0.5, 0.6) is 0 Å². The quantitative estimate of drug-likeness (QED) is 0.537. The molecule has 0 aliphatic rings. The van der Waals surface area contributed by atoms with Gasteiger partial charge in [-0.2, -0.15) is 0 Å². The zero-order valence-corrected chi connectivity index (χ0v) is 12.3. The van der Waals surface area contributed by atoms with Crippen molar-refractivity contribution >= 4 is 21.9 Å². The van der Waals surface area contributed by atoms with E-state index in [0.717, 1.165) is 33.1 Å². The van der Waals surface area contributed by atoms with Crippen LogP contribution >= 0.6 is 0 Å². The predicted molar refractivity (Wildman–Crippen MR) is 87.9 cm³/mol. The van der Waals surface area contributed by atoms with E-state index in [-0.39, 0.29) is 13.2 Å². The largest absolute Gasteiger partial charge is 0.394 e. The van der Waals surface area contributed by atoms with Crippen molar-refractivity contribution in [2.45, 2.75) is 12.6 Å². The second-order valence-corrected chi connectivity index (χ2v) is 5.56. The van der Waals surface area contributed by atoms with E-state index in [9.17, 15) is 5.11 Å². The van der Waals surface area contributed by atoms with E-state index in [1.165, 1.54) is 0 Å². The summed E-state index contributed by atoms with van der Waals surface area (Å²) in [5.41, 5.74) is 4.87. The van der Waals surface area contributed by atoms with Gasteiger partial charge in [0.05, 0.1) is 24.8 Å². The molecule has 0 saturated heterocycles. The molecule has 4 rings (SSSR count). The molecule has 23 heavy (non-hydrogen) atoms. The van der Waals surface area contributed by atoms with Crippen molar-refractivity contribution in [3.05, 3.63) is 48.7 Å². The molecule has 0 saturated carbocycles. The van der Waals surface area contributed by atoms with E-state index >= 15 is 0 Å². The average molecular weight is 308 g/mol. The summed E-state index contributed by atoms with van der Waals surface area (Å²) in [7, 11) is 0. The van der Waals surface area contributed by atoms with Crippen LogP contribution in [0.4, 0.5) is 0 Å². The van der Waals surface area contributed by atoms with Crippen LogP contribution in [0.25, 0.3) is 33.1 Å². The molecule has 0 spiro atoms. The fourth-order valence-corrected chi connectivity index (χ4v) is 2.84.